The van der Waals surface area contributed by atoms with Gasteiger partial charge in [0, 0.05) is 26.7 Å². The zero-order valence-corrected chi connectivity index (χ0v) is 13.9. The number of benzene rings is 1. The van der Waals surface area contributed by atoms with Gasteiger partial charge in [0.1, 0.15) is 5.82 Å². The Morgan fingerprint density at radius 3 is 2.52 bits per heavy atom. The van der Waals surface area contributed by atoms with Crippen molar-refractivity contribution < 1.29 is 18.8 Å². The van der Waals surface area contributed by atoms with Crippen LogP contribution in [-0.2, 0) is 20.9 Å². The Hall–Kier alpha value is -2.77. The van der Waals surface area contributed by atoms with Crippen molar-refractivity contribution in [3.63, 3.8) is 0 Å². The zero-order valence-electron chi connectivity index (χ0n) is 13.9. The molecule has 0 bridgehead atoms. The van der Waals surface area contributed by atoms with E-state index in [2.05, 4.69) is 10.3 Å². The molecule has 1 aromatic rings. The molecule has 7 nitrogen and oxygen atoms in total. The van der Waals surface area contributed by atoms with Gasteiger partial charge in [-0.15, -0.1) is 0 Å². The van der Waals surface area contributed by atoms with Gasteiger partial charge in [-0.3, -0.25) is 19.3 Å². The first-order chi connectivity index (χ1) is 12.0. The topological polar surface area (TPSA) is 82.1 Å². The van der Waals surface area contributed by atoms with Crippen molar-refractivity contribution in [2.24, 2.45) is 4.99 Å². The third kappa shape index (κ3) is 3.52. The summed E-state index contributed by atoms with van der Waals surface area (Å²) in [5.74, 6) is -2.22. The summed E-state index contributed by atoms with van der Waals surface area (Å²) in [6.07, 6.45) is 1.97. The van der Waals surface area contributed by atoms with Crippen LogP contribution in [0.25, 0.3) is 0 Å². The van der Waals surface area contributed by atoms with Crippen LogP contribution in [0.15, 0.2) is 29.3 Å². The first-order valence-corrected chi connectivity index (χ1v) is 8.14. The van der Waals surface area contributed by atoms with Gasteiger partial charge < -0.3 is 10.2 Å². The van der Waals surface area contributed by atoms with Gasteiger partial charge in [-0.05, 0) is 30.5 Å². The van der Waals surface area contributed by atoms with Crippen molar-refractivity contribution in [1.29, 1.82) is 0 Å². The standard InChI is InChI=1S/C17H19FN4O3/c1-21-16(25)14(23)13(20-17(21)22-8-2-3-9-22)15(24)19-10-11-4-6-12(18)7-5-11/h4-7,13H,2-3,8-10H2,1H3,(H,19,24). The summed E-state index contributed by atoms with van der Waals surface area (Å²) < 4.78 is 12.9. The Kier molecular flexibility index (Phi) is 4.78. The molecule has 0 aromatic heterocycles. The highest BCUT2D eigenvalue weighted by molar-refractivity contribution is 6.45. The van der Waals surface area contributed by atoms with Crippen molar-refractivity contribution in [1.82, 2.24) is 15.1 Å². The van der Waals surface area contributed by atoms with Crippen molar-refractivity contribution in [2.75, 3.05) is 20.1 Å². The molecule has 8 heteroatoms. The normalized spacial score (nSPS) is 20.7. The fourth-order valence-corrected chi connectivity index (χ4v) is 2.91. The third-order valence-corrected chi connectivity index (χ3v) is 4.33. The molecule has 3 rings (SSSR count). The number of carbonyl (C=O) groups is 3. The molecule has 0 aliphatic carbocycles. The molecule has 1 atom stereocenters. The van der Waals surface area contributed by atoms with Crippen LogP contribution in [0.3, 0.4) is 0 Å². The minimum atomic E-state index is -1.38. The van der Waals surface area contributed by atoms with Crippen LogP contribution in [0.4, 0.5) is 4.39 Å². The highest BCUT2D eigenvalue weighted by Crippen LogP contribution is 2.16. The predicted molar refractivity (Wildman–Crippen MR) is 88.1 cm³/mol. The second-order valence-corrected chi connectivity index (χ2v) is 6.10. The number of halogens is 1. The maximum atomic E-state index is 12.9. The van der Waals surface area contributed by atoms with E-state index < -0.39 is 23.6 Å². The van der Waals surface area contributed by atoms with Gasteiger partial charge in [0.2, 0.25) is 5.96 Å². The van der Waals surface area contributed by atoms with Crippen LogP contribution in [0.2, 0.25) is 0 Å². The van der Waals surface area contributed by atoms with Crippen LogP contribution in [0, 0.1) is 5.82 Å². The molecule has 0 spiro atoms. The Morgan fingerprint density at radius 2 is 1.88 bits per heavy atom. The van der Waals surface area contributed by atoms with E-state index in [0.29, 0.717) is 11.5 Å². The summed E-state index contributed by atoms with van der Waals surface area (Å²) in [7, 11) is 1.49. The lowest BCUT2D eigenvalue weighted by Crippen LogP contribution is -2.56. The Balaban J connectivity index is 1.73. The Bertz CT molecular complexity index is 726. The number of likely N-dealkylation sites (tertiary alicyclic amines) is 1. The largest absolute Gasteiger partial charge is 0.350 e. The average molecular weight is 346 g/mol. The minimum absolute atomic E-state index is 0.126. The van der Waals surface area contributed by atoms with Gasteiger partial charge in [0.05, 0.1) is 0 Å². The van der Waals surface area contributed by atoms with Crippen LogP contribution >= 0.6 is 0 Å². The smallest absolute Gasteiger partial charge is 0.299 e. The number of nitrogens with one attached hydrogen (secondary N) is 1. The highest BCUT2D eigenvalue weighted by Gasteiger charge is 2.41. The number of rotatable bonds is 3. The molecule has 1 unspecified atom stereocenters. The molecular weight excluding hydrogens is 327 g/mol. The first kappa shape index (κ1) is 17.1. The van der Waals surface area contributed by atoms with E-state index in [1.807, 2.05) is 4.90 Å². The molecule has 2 aliphatic rings. The van der Waals surface area contributed by atoms with Crippen LogP contribution in [0.5, 0.6) is 0 Å². The van der Waals surface area contributed by atoms with Gasteiger partial charge in [-0.2, -0.15) is 0 Å². The van der Waals surface area contributed by atoms with Gasteiger partial charge >= 0.3 is 0 Å². The van der Waals surface area contributed by atoms with Crippen molar-refractivity contribution in [2.45, 2.75) is 25.4 Å². The summed E-state index contributed by atoms with van der Waals surface area (Å²) in [4.78, 5) is 44.0. The monoisotopic (exact) mass is 346 g/mol. The fourth-order valence-electron chi connectivity index (χ4n) is 2.91. The second-order valence-electron chi connectivity index (χ2n) is 6.10. The third-order valence-electron chi connectivity index (χ3n) is 4.33. The van der Waals surface area contributed by atoms with Crippen molar-refractivity contribution in [3.8, 4) is 0 Å². The number of hydrogen-bond acceptors (Lipinski definition) is 5. The number of nitrogens with zero attached hydrogens (tertiary/aromatic N) is 3. The summed E-state index contributed by atoms with van der Waals surface area (Å²) in [5, 5.41) is 2.59. The number of amides is 2. The van der Waals surface area contributed by atoms with E-state index in [0.717, 1.165) is 25.9 Å². The lowest BCUT2D eigenvalue weighted by molar-refractivity contribution is -0.145. The number of likely N-dealkylation sites (N-methyl/N-ethyl adjacent to an activating group) is 1. The molecular formula is C17H19FN4O3. The molecule has 0 radical (unpaired) electrons. The van der Waals surface area contributed by atoms with Gasteiger partial charge in [0.25, 0.3) is 17.6 Å². The molecule has 2 aliphatic heterocycles. The van der Waals surface area contributed by atoms with E-state index in [1.54, 1.807) is 0 Å². The molecule has 1 N–H and O–H groups in total. The van der Waals surface area contributed by atoms with E-state index in [9.17, 15) is 18.8 Å². The van der Waals surface area contributed by atoms with E-state index in [4.69, 9.17) is 0 Å². The highest BCUT2D eigenvalue weighted by atomic mass is 19.1. The maximum absolute atomic E-state index is 12.9. The summed E-state index contributed by atoms with van der Waals surface area (Å²) >= 11 is 0. The Morgan fingerprint density at radius 1 is 1.24 bits per heavy atom. The Labute approximate surface area is 144 Å². The van der Waals surface area contributed by atoms with Crippen LogP contribution < -0.4 is 5.32 Å². The van der Waals surface area contributed by atoms with Gasteiger partial charge in [-0.1, -0.05) is 12.1 Å². The van der Waals surface area contributed by atoms with Crippen molar-refractivity contribution >= 4 is 23.6 Å². The zero-order chi connectivity index (χ0) is 18.0. The molecule has 2 heterocycles. The number of carbonyl (C=O) groups excluding carboxylic acids is 3. The summed E-state index contributed by atoms with van der Waals surface area (Å²) in [5.41, 5.74) is 0.685. The quantitative estimate of drug-likeness (QED) is 0.631. The molecule has 1 aromatic carbocycles. The van der Waals surface area contributed by atoms with Gasteiger partial charge in [-0.25, -0.2) is 9.38 Å². The lowest BCUT2D eigenvalue weighted by atomic mass is 10.1. The molecule has 0 saturated carbocycles. The van der Waals surface area contributed by atoms with Crippen molar-refractivity contribution in [3.05, 3.63) is 35.6 Å². The van der Waals surface area contributed by atoms with Gasteiger partial charge in [0.15, 0.2) is 6.04 Å². The van der Waals surface area contributed by atoms with E-state index >= 15 is 0 Å². The lowest BCUT2D eigenvalue weighted by Gasteiger charge is -2.31. The number of guanidine groups is 1. The number of aliphatic imine (C=N–C) groups is 1. The predicted octanol–water partition coefficient (Wildman–Crippen LogP) is 0.303. The molecule has 132 valence electrons. The molecule has 25 heavy (non-hydrogen) atoms. The first-order valence-electron chi connectivity index (χ1n) is 8.14. The summed E-state index contributed by atoms with van der Waals surface area (Å²) in [6, 6.07) is 4.27. The summed E-state index contributed by atoms with van der Waals surface area (Å²) in [6.45, 7) is 1.62. The maximum Gasteiger partial charge on any atom is 0.299 e. The van der Waals surface area contributed by atoms with E-state index in [1.165, 1.54) is 36.2 Å². The molecule has 1 fully saturated rings. The van der Waals surface area contributed by atoms with E-state index in [-0.39, 0.29) is 12.4 Å². The molecule has 2 amide bonds. The SMILES string of the molecule is CN1C(=O)C(=O)C(C(=O)NCc2ccc(F)cc2)N=C1N1CCCC1. The van der Waals surface area contributed by atoms with Crippen LogP contribution in [-0.4, -0.2) is 59.5 Å². The molecule has 1 saturated heterocycles. The van der Waals surface area contributed by atoms with Crippen LogP contribution in [0.1, 0.15) is 18.4 Å². The number of hydrogen-bond donors (Lipinski definition) is 1. The number of ketones is 1. The fraction of sp³-hybridized carbons (Fsp3) is 0.412. The number of Topliss-reactive ketones (excluding diaryl/α,β-unsaturated/α-hetero) is 1. The average Bonchev–Trinajstić information content (AvgIpc) is 3.13. The second kappa shape index (κ2) is 7.00. The minimum Gasteiger partial charge on any atom is -0.350 e.